The van der Waals surface area contributed by atoms with Crippen LogP contribution in [0.1, 0.15) is 39.6 Å². The van der Waals surface area contributed by atoms with Gasteiger partial charge in [0.05, 0.1) is 22.4 Å². The van der Waals surface area contributed by atoms with Crippen molar-refractivity contribution in [2.24, 2.45) is 0 Å². The SMILES string of the molecule is CN(Cc1nc2ccccc2s1)C(=O)COC(=O)c1nn(-c2ccc(F)cc2)c2c1CCCC2. The highest BCUT2D eigenvalue weighted by Gasteiger charge is 2.27. The minimum Gasteiger partial charge on any atom is -0.451 e. The Morgan fingerprint density at radius 1 is 1.12 bits per heavy atom. The van der Waals surface area contributed by atoms with Gasteiger partial charge in [-0.1, -0.05) is 12.1 Å². The lowest BCUT2D eigenvalue weighted by molar-refractivity contribution is -0.133. The third kappa shape index (κ3) is 4.43. The molecule has 0 saturated heterocycles. The summed E-state index contributed by atoms with van der Waals surface area (Å²) in [4.78, 5) is 31.5. The number of para-hydroxylation sites is 1. The van der Waals surface area contributed by atoms with Gasteiger partial charge in [0.15, 0.2) is 12.3 Å². The van der Waals surface area contributed by atoms with Crippen LogP contribution >= 0.6 is 11.3 Å². The van der Waals surface area contributed by atoms with Gasteiger partial charge in [-0.3, -0.25) is 4.79 Å². The Kier molecular flexibility index (Phi) is 6.10. The molecule has 0 saturated carbocycles. The van der Waals surface area contributed by atoms with E-state index < -0.39 is 5.97 Å². The van der Waals surface area contributed by atoms with E-state index in [4.69, 9.17) is 4.74 Å². The van der Waals surface area contributed by atoms with E-state index in [1.807, 2.05) is 24.3 Å². The second kappa shape index (κ2) is 9.34. The number of carbonyl (C=O) groups excluding carboxylic acids is 2. The highest BCUT2D eigenvalue weighted by molar-refractivity contribution is 7.18. The summed E-state index contributed by atoms with van der Waals surface area (Å²) in [7, 11) is 1.66. The second-order valence-corrected chi connectivity index (χ2v) is 9.39. The van der Waals surface area contributed by atoms with E-state index in [-0.39, 0.29) is 24.0 Å². The highest BCUT2D eigenvalue weighted by atomic mass is 32.1. The molecule has 1 amide bonds. The maximum absolute atomic E-state index is 13.4. The molecule has 0 N–H and O–H groups in total. The molecule has 9 heteroatoms. The zero-order chi connectivity index (χ0) is 23.7. The van der Waals surface area contributed by atoms with Crippen LogP contribution in [0.25, 0.3) is 15.9 Å². The molecule has 1 aliphatic rings. The largest absolute Gasteiger partial charge is 0.451 e. The highest BCUT2D eigenvalue weighted by Crippen LogP contribution is 2.28. The van der Waals surface area contributed by atoms with Crippen molar-refractivity contribution in [3.8, 4) is 5.69 Å². The summed E-state index contributed by atoms with van der Waals surface area (Å²) in [6.07, 6.45) is 3.43. The molecule has 2 aromatic heterocycles. The Balaban J connectivity index is 1.27. The lowest BCUT2D eigenvalue weighted by Gasteiger charge is -2.16. The van der Waals surface area contributed by atoms with Crippen LogP contribution in [0, 0.1) is 5.82 Å². The number of nitrogens with zero attached hydrogens (tertiary/aromatic N) is 4. The van der Waals surface area contributed by atoms with Gasteiger partial charge in [-0.15, -0.1) is 11.3 Å². The van der Waals surface area contributed by atoms with Crippen molar-refractivity contribution in [1.82, 2.24) is 19.7 Å². The average Bonchev–Trinajstić information content (AvgIpc) is 3.44. The maximum Gasteiger partial charge on any atom is 0.359 e. The summed E-state index contributed by atoms with van der Waals surface area (Å²) in [5.74, 6) is -1.28. The zero-order valence-electron chi connectivity index (χ0n) is 18.7. The summed E-state index contributed by atoms with van der Waals surface area (Å²) in [5, 5.41) is 5.31. The van der Waals surface area contributed by atoms with Gasteiger partial charge in [-0.2, -0.15) is 5.10 Å². The molecule has 4 aromatic rings. The summed E-state index contributed by atoms with van der Waals surface area (Å²) >= 11 is 1.53. The number of aromatic nitrogens is 3. The predicted octanol–water partition coefficient (Wildman–Crippen LogP) is 4.32. The molecule has 5 rings (SSSR count). The molecule has 2 aromatic carbocycles. The molecule has 0 aliphatic heterocycles. The van der Waals surface area contributed by atoms with Crippen molar-refractivity contribution < 1.29 is 18.7 Å². The van der Waals surface area contributed by atoms with Gasteiger partial charge in [0, 0.05) is 18.3 Å². The van der Waals surface area contributed by atoms with Crippen LogP contribution in [0.4, 0.5) is 4.39 Å². The van der Waals surface area contributed by atoms with E-state index in [0.29, 0.717) is 18.7 Å². The zero-order valence-corrected chi connectivity index (χ0v) is 19.5. The van der Waals surface area contributed by atoms with Crippen LogP contribution in [0.5, 0.6) is 0 Å². The van der Waals surface area contributed by atoms with Crippen LogP contribution < -0.4 is 0 Å². The molecule has 34 heavy (non-hydrogen) atoms. The number of amides is 1. The van der Waals surface area contributed by atoms with Crippen molar-refractivity contribution in [2.75, 3.05) is 13.7 Å². The van der Waals surface area contributed by atoms with E-state index in [0.717, 1.165) is 45.7 Å². The standard InChI is InChI=1S/C25H23FN4O3S/c1-29(14-22-27-19-7-3-5-9-21(19)34-22)23(31)15-33-25(32)24-18-6-2-4-8-20(18)30(28-24)17-12-10-16(26)11-13-17/h3,5,7,9-13H,2,4,6,8,14-15H2,1H3. The molecule has 0 radical (unpaired) electrons. The summed E-state index contributed by atoms with van der Waals surface area (Å²) in [6.45, 7) is -0.0390. The molecular weight excluding hydrogens is 455 g/mol. The first kappa shape index (κ1) is 22.2. The van der Waals surface area contributed by atoms with Crippen LogP contribution in [0.3, 0.4) is 0 Å². The molecule has 0 fully saturated rings. The molecule has 0 unspecified atom stereocenters. The van der Waals surface area contributed by atoms with Crippen molar-refractivity contribution in [1.29, 1.82) is 0 Å². The quantitative estimate of drug-likeness (QED) is 0.386. The number of benzene rings is 2. The van der Waals surface area contributed by atoms with E-state index in [1.165, 1.54) is 28.4 Å². The monoisotopic (exact) mass is 478 g/mol. The molecule has 7 nitrogen and oxygen atoms in total. The van der Waals surface area contributed by atoms with Crippen LogP contribution in [0.15, 0.2) is 48.5 Å². The first-order chi connectivity index (χ1) is 16.5. The second-order valence-electron chi connectivity index (χ2n) is 8.27. The van der Waals surface area contributed by atoms with Gasteiger partial charge in [0.1, 0.15) is 10.8 Å². The molecule has 174 valence electrons. The van der Waals surface area contributed by atoms with Gasteiger partial charge in [-0.05, 0) is 62.1 Å². The number of hydrogen-bond acceptors (Lipinski definition) is 6. The number of likely N-dealkylation sites (N-methyl/N-ethyl adjacent to an activating group) is 1. The fourth-order valence-electron chi connectivity index (χ4n) is 4.14. The van der Waals surface area contributed by atoms with Gasteiger partial charge in [0.25, 0.3) is 5.91 Å². The number of carbonyl (C=O) groups is 2. The van der Waals surface area contributed by atoms with E-state index in [2.05, 4.69) is 10.1 Å². The predicted molar refractivity (Wildman–Crippen MR) is 127 cm³/mol. The Bertz CT molecular complexity index is 1330. The van der Waals surface area contributed by atoms with Crippen LogP contribution in [-0.2, 0) is 28.9 Å². The average molecular weight is 479 g/mol. The minimum absolute atomic E-state index is 0.223. The lowest BCUT2D eigenvalue weighted by atomic mass is 9.95. The Labute approximate surface area is 199 Å². The first-order valence-corrected chi connectivity index (χ1v) is 11.9. The Morgan fingerprint density at radius 2 is 1.88 bits per heavy atom. The number of esters is 1. The molecule has 0 spiro atoms. The number of rotatable bonds is 6. The third-order valence-corrected chi connectivity index (χ3v) is 6.93. The van der Waals surface area contributed by atoms with Gasteiger partial charge < -0.3 is 9.64 Å². The van der Waals surface area contributed by atoms with E-state index in [9.17, 15) is 14.0 Å². The number of thiazole rings is 1. The van der Waals surface area contributed by atoms with Crippen molar-refractivity contribution in [2.45, 2.75) is 32.2 Å². The topological polar surface area (TPSA) is 77.3 Å². The van der Waals surface area contributed by atoms with Crippen molar-refractivity contribution >= 4 is 33.4 Å². The third-order valence-electron chi connectivity index (χ3n) is 5.91. The Hall–Kier alpha value is -3.59. The number of ether oxygens (including phenoxy) is 1. The summed E-state index contributed by atoms with van der Waals surface area (Å²) in [6, 6.07) is 13.8. The van der Waals surface area contributed by atoms with Gasteiger partial charge >= 0.3 is 5.97 Å². The smallest absolute Gasteiger partial charge is 0.359 e. The summed E-state index contributed by atoms with van der Waals surface area (Å²) in [5.41, 5.74) is 3.59. The molecule has 0 bridgehead atoms. The minimum atomic E-state index is -0.624. The number of halogens is 1. The van der Waals surface area contributed by atoms with Crippen LogP contribution in [-0.4, -0.2) is 45.2 Å². The van der Waals surface area contributed by atoms with Gasteiger partial charge in [0.2, 0.25) is 0 Å². The maximum atomic E-state index is 13.4. The summed E-state index contributed by atoms with van der Waals surface area (Å²) < 4.78 is 21.5. The number of hydrogen-bond donors (Lipinski definition) is 0. The first-order valence-electron chi connectivity index (χ1n) is 11.1. The Morgan fingerprint density at radius 3 is 2.68 bits per heavy atom. The lowest BCUT2D eigenvalue weighted by Crippen LogP contribution is -2.31. The van der Waals surface area contributed by atoms with Crippen molar-refractivity contribution in [3.63, 3.8) is 0 Å². The van der Waals surface area contributed by atoms with Crippen molar-refractivity contribution in [3.05, 3.63) is 76.3 Å². The number of fused-ring (bicyclic) bond motifs is 2. The molecule has 2 heterocycles. The van der Waals surface area contributed by atoms with Gasteiger partial charge in [-0.25, -0.2) is 18.9 Å². The fraction of sp³-hybridized carbons (Fsp3) is 0.280. The normalized spacial score (nSPS) is 13.0. The van der Waals surface area contributed by atoms with E-state index >= 15 is 0 Å². The fourth-order valence-corrected chi connectivity index (χ4v) is 5.16. The van der Waals surface area contributed by atoms with Crippen LogP contribution in [0.2, 0.25) is 0 Å². The molecular formula is C25H23FN4O3S. The van der Waals surface area contributed by atoms with E-state index in [1.54, 1.807) is 23.9 Å². The molecule has 1 aliphatic carbocycles. The molecule has 0 atom stereocenters.